The number of rotatable bonds is 4. The van der Waals surface area contributed by atoms with Gasteiger partial charge < -0.3 is 15.1 Å². The van der Waals surface area contributed by atoms with Crippen LogP contribution in [0.25, 0.3) is 0 Å². The summed E-state index contributed by atoms with van der Waals surface area (Å²) in [4.78, 5) is 4.64. The van der Waals surface area contributed by atoms with E-state index in [9.17, 15) is 0 Å². The molecule has 1 aromatic carbocycles. The zero-order valence-corrected chi connectivity index (χ0v) is 12.0. The average molecular weight is 247 g/mol. The number of anilines is 2. The Kier molecular flexibility index (Phi) is 4.12. The molecule has 3 nitrogen and oxygen atoms in total. The highest BCUT2D eigenvalue weighted by Gasteiger charge is 2.22. The van der Waals surface area contributed by atoms with E-state index in [-0.39, 0.29) is 0 Å². The van der Waals surface area contributed by atoms with Crippen molar-refractivity contribution < 1.29 is 0 Å². The summed E-state index contributed by atoms with van der Waals surface area (Å²) in [6.45, 7) is 6.71. The lowest BCUT2D eigenvalue weighted by Gasteiger charge is -2.22. The summed E-state index contributed by atoms with van der Waals surface area (Å²) in [5, 5.41) is 3.63. The Balaban J connectivity index is 2.02. The van der Waals surface area contributed by atoms with Gasteiger partial charge in [0.25, 0.3) is 0 Å². The maximum Gasteiger partial charge on any atom is 0.0387 e. The summed E-state index contributed by atoms with van der Waals surface area (Å²) in [6.07, 6.45) is 1.24. The Morgan fingerprint density at radius 1 is 1.33 bits per heavy atom. The van der Waals surface area contributed by atoms with Crippen molar-refractivity contribution in [3.8, 4) is 0 Å². The third-order valence-electron chi connectivity index (χ3n) is 3.47. The SMILES string of the molecule is CC(C)NC1CCN(c2cccc(N(C)C)c2)C1. The quantitative estimate of drug-likeness (QED) is 0.881. The summed E-state index contributed by atoms with van der Waals surface area (Å²) in [7, 11) is 4.18. The van der Waals surface area contributed by atoms with Crippen molar-refractivity contribution in [1.29, 1.82) is 0 Å². The summed E-state index contributed by atoms with van der Waals surface area (Å²) < 4.78 is 0. The molecule has 1 saturated heterocycles. The largest absolute Gasteiger partial charge is 0.378 e. The minimum atomic E-state index is 0.572. The predicted molar refractivity (Wildman–Crippen MR) is 79.7 cm³/mol. The fourth-order valence-electron chi connectivity index (χ4n) is 2.57. The van der Waals surface area contributed by atoms with Crippen LogP contribution in [0.3, 0.4) is 0 Å². The monoisotopic (exact) mass is 247 g/mol. The fourth-order valence-corrected chi connectivity index (χ4v) is 2.57. The molecule has 0 aromatic heterocycles. The van der Waals surface area contributed by atoms with E-state index in [0.29, 0.717) is 12.1 Å². The number of benzene rings is 1. The van der Waals surface area contributed by atoms with E-state index in [1.165, 1.54) is 17.8 Å². The van der Waals surface area contributed by atoms with E-state index < -0.39 is 0 Å². The summed E-state index contributed by atoms with van der Waals surface area (Å²) in [5.41, 5.74) is 2.61. The van der Waals surface area contributed by atoms with Crippen molar-refractivity contribution in [2.24, 2.45) is 0 Å². The van der Waals surface area contributed by atoms with Crippen LogP contribution < -0.4 is 15.1 Å². The second-order valence-corrected chi connectivity index (χ2v) is 5.67. The molecule has 1 aromatic rings. The van der Waals surface area contributed by atoms with Crippen molar-refractivity contribution in [3.05, 3.63) is 24.3 Å². The normalized spacial score (nSPS) is 19.6. The summed E-state index contributed by atoms with van der Waals surface area (Å²) in [5.74, 6) is 0. The lowest BCUT2D eigenvalue weighted by Crippen LogP contribution is -2.37. The predicted octanol–water partition coefficient (Wildman–Crippen LogP) is 2.33. The number of hydrogen-bond donors (Lipinski definition) is 1. The van der Waals surface area contributed by atoms with E-state index in [1.807, 2.05) is 0 Å². The molecule has 1 heterocycles. The molecule has 0 saturated carbocycles. The highest BCUT2D eigenvalue weighted by atomic mass is 15.2. The van der Waals surface area contributed by atoms with Gasteiger partial charge in [0, 0.05) is 50.6 Å². The second-order valence-electron chi connectivity index (χ2n) is 5.67. The minimum Gasteiger partial charge on any atom is -0.378 e. The van der Waals surface area contributed by atoms with Gasteiger partial charge in [-0.3, -0.25) is 0 Å². The molecule has 1 fully saturated rings. The van der Waals surface area contributed by atoms with Crippen LogP contribution in [0.15, 0.2) is 24.3 Å². The van der Waals surface area contributed by atoms with Gasteiger partial charge in [-0.2, -0.15) is 0 Å². The molecule has 0 radical (unpaired) electrons. The molecule has 2 rings (SSSR count). The fraction of sp³-hybridized carbons (Fsp3) is 0.600. The van der Waals surface area contributed by atoms with E-state index in [1.54, 1.807) is 0 Å². The maximum absolute atomic E-state index is 3.63. The van der Waals surface area contributed by atoms with Gasteiger partial charge in [-0.15, -0.1) is 0 Å². The van der Waals surface area contributed by atoms with E-state index in [2.05, 4.69) is 67.3 Å². The van der Waals surface area contributed by atoms with Crippen LogP contribution in [-0.2, 0) is 0 Å². The molecule has 0 spiro atoms. The van der Waals surface area contributed by atoms with Gasteiger partial charge in [-0.1, -0.05) is 19.9 Å². The molecule has 1 aliphatic rings. The van der Waals surface area contributed by atoms with Gasteiger partial charge in [0.2, 0.25) is 0 Å². The van der Waals surface area contributed by atoms with Crippen LogP contribution in [0.1, 0.15) is 20.3 Å². The van der Waals surface area contributed by atoms with Crippen molar-refractivity contribution in [3.63, 3.8) is 0 Å². The van der Waals surface area contributed by atoms with E-state index in [0.717, 1.165) is 13.1 Å². The van der Waals surface area contributed by atoms with Crippen LogP contribution >= 0.6 is 0 Å². The standard InChI is InChI=1S/C15H25N3/c1-12(2)16-13-8-9-18(11-13)15-7-5-6-14(10-15)17(3)4/h5-7,10,12-13,16H,8-9,11H2,1-4H3. The zero-order chi connectivity index (χ0) is 13.1. The Morgan fingerprint density at radius 2 is 2.11 bits per heavy atom. The van der Waals surface area contributed by atoms with Gasteiger partial charge >= 0.3 is 0 Å². The minimum absolute atomic E-state index is 0.572. The first-order chi connectivity index (χ1) is 8.56. The molecule has 3 heteroatoms. The average Bonchev–Trinajstić information content (AvgIpc) is 2.77. The van der Waals surface area contributed by atoms with Gasteiger partial charge in [0.15, 0.2) is 0 Å². The molecule has 100 valence electrons. The van der Waals surface area contributed by atoms with Crippen molar-refractivity contribution in [2.45, 2.75) is 32.4 Å². The van der Waals surface area contributed by atoms with Crippen molar-refractivity contribution in [2.75, 3.05) is 37.0 Å². The van der Waals surface area contributed by atoms with Crippen molar-refractivity contribution in [1.82, 2.24) is 5.32 Å². The Hall–Kier alpha value is -1.22. The smallest absolute Gasteiger partial charge is 0.0387 e. The lowest BCUT2D eigenvalue weighted by atomic mass is 10.2. The highest BCUT2D eigenvalue weighted by Crippen LogP contribution is 2.24. The molecule has 0 amide bonds. The van der Waals surface area contributed by atoms with E-state index in [4.69, 9.17) is 0 Å². The Bertz CT molecular complexity index is 387. The molecular weight excluding hydrogens is 222 g/mol. The van der Waals surface area contributed by atoms with Crippen molar-refractivity contribution >= 4 is 11.4 Å². The van der Waals surface area contributed by atoms with E-state index >= 15 is 0 Å². The number of hydrogen-bond acceptors (Lipinski definition) is 3. The first kappa shape index (κ1) is 13.2. The van der Waals surface area contributed by atoms with Gasteiger partial charge in [0.05, 0.1) is 0 Å². The third-order valence-corrected chi connectivity index (χ3v) is 3.47. The third kappa shape index (κ3) is 3.16. The molecule has 0 aliphatic carbocycles. The first-order valence-electron chi connectivity index (χ1n) is 6.84. The second kappa shape index (κ2) is 5.61. The number of nitrogens with zero attached hydrogens (tertiary/aromatic N) is 2. The van der Waals surface area contributed by atoms with Gasteiger partial charge in [-0.25, -0.2) is 0 Å². The van der Waals surface area contributed by atoms with Gasteiger partial charge in [0.1, 0.15) is 0 Å². The molecule has 0 bridgehead atoms. The summed E-state index contributed by atoms with van der Waals surface area (Å²) >= 11 is 0. The zero-order valence-electron chi connectivity index (χ0n) is 12.0. The molecule has 1 atom stereocenters. The van der Waals surface area contributed by atoms with Crippen LogP contribution in [0, 0.1) is 0 Å². The molecule has 1 unspecified atom stereocenters. The Morgan fingerprint density at radius 3 is 2.78 bits per heavy atom. The first-order valence-corrected chi connectivity index (χ1v) is 6.84. The topological polar surface area (TPSA) is 18.5 Å². The molecular formula is C15H25N3. The van der Waals surface area contributed by atoms with Crippen LogP contribution in [0.4, 0.5) is 11.4 Å². The highest BCUT2D eigenvalue weighted by molar-refractivity contribution is 5.59. The molecule has 1 N–H and O–H groups in total. The van der Waals surface area contributed by atoms with Crippen LogP contribution in [-0.4, -0.2) is 39.3 Å². The number of nitrogens with one attached hydrogen (secondary N) is 1. The van der Waals surface area contributed by atoms with Gasteiger partial charge in [-0.05, 0) is 24.6 Å². The maximum atomic E-state index is 3.63. The molecule has 18 heavy (non-hydrogen) atoms. The van der Waals surface area contributed by atoms with Crippen LogP contribution in [0.2, 0.25) is 0 Å². The Labute approximate surface area is 111 Å². The van der Waals surface area contributed by atoms with Crippen LogP contribution in [0.5, 0.6) is 0 Å². The molecule has 1 aliphatic heterocycles. The summed E-state index contributed by atoms with van der Waals surface area (Å²) in [6, 6.07) is 10.00. The lowest BCUT2D eigenvalue weighted by molar-refractivity contribution is 0.492.